The SMILES string of the molecule is CCOC(=O)c1c(N)n(O)c2ccccc2c1=O. The summed E-state index contributed by atoms with van der Waals surface area (Å²) in [6, 6.07) is 6.32. The van der Waals surface area contributed by atoms with Gasteiger partial charge in [-0.25, -0.2) is 4.79 Å². The smallest absolute Gasteiger partial charge is 0.346 e. The van der Waals surface area contributed by atoms with E-state index in [9.17, 15) is 14.8 Å². The summed E-state index contributed by atoms with van der Waals surface area (Å²) in [4.78, 5) is 23.8. The van der Waals surface area contributed by atoms with E-state index in [2.05, 4.69) is 0 Å². The van der Waals surface area contributed by atoms with E-state index >= 15 is 0 Å². The number of hydrogen-bond donors (Lipinski definition) is 2. The largest absolute Gasteiger partial charge is 0.462 e. The first kappa shape index (κ1) is 12.0. The molecule has 0 unspecified atom stereocenters. The zero-order valence-electron chi connectivity index (χ0n) is 9.71. The molecular formula is C12H12N2O4. The molecule has 2 rings (SSSR count). The van der Waals surface area contributed by atoms with Gasteiger partial charge in [-0.2, -0.15) is 4.73 Å². The predicted molar refractivity (Wildman–Crippen MR) is 65.8 cm³/mol. The first-order valence-corrected chi connectivity index (χ1v) is 5.37. The highest BCUT2D eigenvalue weighted by Gasteiger charge is 2.21. The van der Waals surface area contributed by atoms with Crippen molar-refractivity contribution in [3.8, 4) is 0 Å². The number of nitrogens with zero attached hydrogens (tertiary/aromatic N) is 1. The molecule has 6 nitrogen and oxygen atoms in total. The molecule has 0 bridgehead atoms. The fraction of sp³-hybridized carbons (Fsp3) is 0.167. The first-order valence-electron chi connectivity index (χ1n) is 5.37. The monoisotopic (exact) mass is 248 g/mol. The summed E-state index contributed by atoms with van der Waals surface area (Å²) >= 11 is 0. The van der Waals surface area contributed by atoms with Crippen molar-refractivity contribution in [3.05, 3.63) is 40.1 Å². The van der Waals surface area contributed by atoms with Crippen molar-refractivity contribution >= 4 is 22.7 Å². The Balaban J connectivity index is 2.83. The number of ether oxygens (including phenoxy) is 1. The van der Waals surface area contributed by atoms with Crippen molar-refractivity contribution in [2.75, 3.05) is 12.3 Å². The molecule has 18 heavy (non-hydrogen) atoms. The van der Waals surface area contributed by atoms with Gasteiger partial charge in [-0.05, 0) is 19.1 Å². The van der Waals surface area contributed by atoms with Gasteiger partial charge in [0, 0.05) is 0 Å². The summed E-state index contributed by atoms with van der Waals surface area (Å²) in [5, 5.41) is 10.0. The predicted octanol–water partition coefficient (Wildman–Crippen LogP) is 0.998. The van der Waals surface area contributed by atoms with Gasteiger partial charge in [0.1, 0.15) is 0 Å². The number of aromatic nitrogens is 1. The van der Waals surface area contributed by atoms with Crippen LogP contribution in [0.3, 0.4) is 0 Å². The van der Waals surface area contributed by atoms with E-state index in [1.165, 1.54) is 12.1 Å². The average molecular weight is 248 g/mol. The number of hydrogen-bond acceptors (Lipinski definition) is 5. The molecule has 0 spiro atoms. The number of pyridine rings is 1. The van der Waals surface area contributed by atoms with Crippen molar-refractivity contribution in [2.24, 2.45) is 0 Å². The lowest BCUT2D eigenvalue weighted by atomic mass is 10.1. The topological polar surface area (TPSA) is 94.6 Å². The van der Waals surface area contributed by atoms with Crippen LogP contribution in [0.25, 0.3) is 10.9 Å². The Hall–Kier alpha value is -2.50. The van der Waals surface area contributed by atoms with Crippen LogP contribution >= 0.6 is 0 Å². The quantitative estimate of drug-likeness (QED) is 0.610. The lowest BCUT2D eigenvalue weighted by Gasteiger charge is -2.11. The van der Waals surface area contributed by atoms with Gasteiger partial charge in [-0.15, -0.1) is 0 Å². The second kappa shape index (κ2) is 4.40. The first-order chi connectivity index (χ1) is 8.57. The molecule has 2 aromatic rings. The number of anilines is 1. The number of esters is 1. The molecule has 0 atom stereocenters. The fourth-order valence-corrected chi connectivity index (χ4v) is 1.74. The van der Waals surface area contributed by atoms with Gasteiger partial charge in [0.15, 0.2) is 11.4 Å². The molecule has 0 saturated heterocycles. The summed E-state index contributed by atoms with van der Waals surface area (Å²) in [6.45, 7) is 1.74. The molecule has 0 saturated carbocycles. The highest BCUT2D eigenvalue weighted by atomic mass is 16.5. The van der Waals surface area contributed by atoms with E-state index in [0.29, 0.717) is 4.73 Å². The highest BCUT2D eigenvalue weighted by Crippen LogP contribution is 2.16. The van der Waals surface area contributed by atoms with Crippen molar-refractivity contribution < 1.29 is 14.7 Å². The Kier molecular flexibility index (Phi) is 2.93. The molecule has 6 heteroatoms. The van der Waals surface area contributed by atoms with Crippen molar-refractivity contribution in [1.29, 1.82) is 0 Å². The van der Waals surface area contributed by atoms with Gasteiger partial charge in [0.25, 0.3) is 0 Å². The van der Waals surface area contributed by atoms with Gasteiger partial charge in [0.2, 0.25) is 5.43 Å². The Labute approximate surface area is 102 Å². The third-order valence-corrected chi connectivity index (χ3v) is 2.57. The van der Waals surface area contributed by atoms with Crippen molar-refractivity contribution in [3.63, 3.8) is 0 Å². The van der Waals surface area contributed by atoms with Gasteiger partial charge in [0.05, 0.1) is 17.5 Å². The molecule has 0 radical (unpaired) electrons. The van der Waals surface area contributed by atoms with E-state index in [1.54, 1.807) is 19.1 Å². The van der Waals surface area contributed by atoms with Crippen LogP contribution < -0.4 is 11.2 Å². The molecular weight excluding hydrogens is 236 g/mol. The Morgan fingerprint density at radius 3 is 2.78 bits per heavy atom. The maximum Gasteiger partial charge on any atom is 0.346 e. The van der Waals surface area contributed by atoms with Crippen LogP contribution in [0.1, 0.15) is 17.3 Å². The number of nitrogens with two attached hydrogens (primary N) is 1. The van der Waals surface area contributed by atoms with Crippen LogP contribution in [0.15, 0.2) is 29.1 Å². The van der Waals surface area contributed by atoms with E-state index in [-0.39, 0.29) is 28.9 Å². The molecule has 0 aliphatic carbocycles. The third kappa shape index (κ3) is 1.67. The highest BCUT2D eigenvalue weighted by molar-refractivity contribution is 5.98. The Morgan fingerprint density at radius 2 is 2.11 bits per heavy atom. The van der Waals surface area contributed by atoms with Crippen LogP contribution in [-0.2, 0) is 4.74 Å². The Bertz CT molecular complexity index is 676. The number of benzene rings is 1. The average Bonchev–Trinajstić information content (AvgIpc) is 2.37. The standard InChI is InChI=1S/C12H12N2O4/c1-2-18-12(16)9-10(15)7-5-3-4-6-8(7)14(17)11(9)13/h3-6,17H,2,13H2,1H3. The molecule has 94 valence electrons. The van der Waals surface area contributed by atoms with Gasteiger partial charge >= 0.3 is 5.97 Å². The molecule has 0 aliphatic rings. The summed E-state index contributed by atoms with van der Waals surface area (Å²) < 4.78 is 5.36. The second-order valence-electron chi connectivity index (χ2n) is 3.64. The zero-order chi connectivity index (χ0) is 13.3. The summed E-state index contributed by atoms with van der Waals surface area (Å²) in [7, 11) is 0. The second-order valence-corrected chi connectivity index (χ2v) is 3.64. The van der Waals surface area contributed by atoms with Crippen molar-refractivity contribution in [2.45, 2.75) is 6.92 Å². The van der Waals surface area contributed by atoms with Crippen molar-refractivity contribution in [1.82, 2.24) is 4.73 Å². The molecule has 1 aromatic heterocycles. The fourth-order valence-electron chi connectivity index (χ4n) is 1.74. The summed E-state index contributed by atoms with van der Waals surface area (Å²) in [6.07, 6.45) is 0. The number of nitrogen functional groups attached to an aromatic ring is 1. The number of rotatable bonds is 2. The zero-order valence-corrected chi connectivity index (χ0v) is 9.71. The van der Waals surface area contributed by atoms with E-state index in [0.717, 1.165) is 0 Å². The maximum absolute atomic E-state index is 12.1. The molecule has 0 fully saturated rings. The molecule has 0 amide bonds. The minimum atomic E-state index is -0.839. The van der Waals surface area contributed by atoms with Crippen LogP contribution in [0, 0.1) is 0 Å². The number of para-hydroxylation sites is 1. The van der Waals surface area contributed by atoms with Gasteiger partial charge in [-0.1, -0.05) is 12.1 Å². The number of carbonyl (C=O) groups is 1. The van der Waals surface area contributed by atoms with E-state index in [4.69, 9.17) is 10.5 Å². The molecule has 3 N–H and O–H groups in total. The van der Waals surface area contributed by atoms with Gasteiger partial charge in [-0.3, -0.25) is 4.79 Å². The minimum absolute atomic E-state index is 0.121. The molecule has 1 aromatic carbocycles. The van der Waals surface area contributed by atoms with E-state index in [1.807, 2.05) is 0 Å². The van der Waals surface area contributed by atoms with Gasteiger partial charge < -0.3 is 15.7 Å². The van der Waals surface area contributed by atoms with Crippen LogP contribution in [-0.4, -0.2) is 22.5 Å². The molecule has 0 aliphatic heterocycles. The normalized spacial score (nSPS) is 10.5. The number of carbonyl (C=O) groups excluding carboxylic acids is 1. The number of fused-ring (bicyclic) bond motifs is 1. The minimum Gasteiger partial charge on any atom is -0.462 e. The van der Waals surface area contributed by atoms with Crippen LogP contribution in [0.5, 0.6) is 0 Å². The third-order valence-electron chi connectivity index (χ3n) is 2.57. The van der Waals surface area contributed by atoms with Crippen LogP contribution in [0.4, 0.5) is 5.82 Å². The van der Waals surface area contributed by atoms with E-state index < -0.39 is 11.4 Å². The van der Waals surface area contributed by atoms with Crippen LogP contribution in [0.2, 0.25) is 0 Å². The lowest BCUT2D eigenvalue weighted by Crippen LogP contribution is -2.24. The maximum atomic E-state index is 12.1. The summed E-state index contributed by atoms with van der Waals surface area (Å²) in [5.74, 6) is -1.16. The molecule has 1 heterocycles. The lowest BCUT2D eigenvalue weighted by molar-refractivity contribution is 0.0523. The Morgan fingerprint density at radius 1 is 1.44 bits per heavy atom. The summed E-state index contributed by atoms with van der Waals surface area (Å²) in [5.41, 5.74) is 4.94.